The van der Waals surface area contributed by atoms with Crippen molar-refractivity contribution in [2.75, 3.05) is 52.9 Å². The topological polar surface area (TPSA) is 94.2 Å². The first kappa shape index (κ1) is 24.6. The first-order valence-corrected chi connectivity index (χ1v) is 11.6. The van der Waals surface area contributed by atoms with Gasteiger partial charge in [-0.25, -0.2) is 14.4 Å². The number of esters is 1. The number of carbonyl (C=O) groups is 3. The van der Waals surface area contributed by atoms with E-state index in [4.69, 9.17) is 4.74 Å². The average molecular weight is 458 g/mol. The summed E-state index contributed by atoms with van der Waals surface area (Å²) in [7, 11) is 1.67. The molecule has 1 saturated heterocycles. The van der Waals surface area contributed by atoms with Crippen LogP contribution in [0.3, 0.4) is 0 Å². The number of likely N-dealkylation sites (N-methyl/N-ethyl adjacent to an activating group) is 1. The molecule has 2 heterocycles. The van der Waals surface area contributed by atoms with E-state index >= 15 is 0 Å². The van der Waals surface area contributed by atoms with E-state index in [1.807, 2.05) is 43.0 Å². The van der Waals surface area contributed by atoms with Crippen molar-refractivity contribution in [1.82, 2.24) is 25.3 Å². The second kappa shape index (κ2) is 11.2. The number of aryl methyl sites for hydroxylation is 1. The summed E-state index contributed by atoms with van der Waals surface area (Å²) >= 11 is 0. The van der Waals surface area contributed by atoms with Crippen molar-refractivity contribution in [3.05, 3.63) is 46.7 Å². The average Bonchev–Trinajstić information content (AvgIpc) is 3.03. The van der Waals surface area contributed by atoms with E-state index < -0.39 is 12.0 Å². The normalized spacial score (nSPS) is 19.8. The van der Waals surface area contributed by atoms with Crippen LogP contribution in [0.5, 0.6) is 0 Å². The minimum absolute atomic E-state index is 0.0561. The molecule has 2 N–H and O–H groups in total. The van der Waals surface area contributed by atoms with Crippen molar-refractivity contribution in [2.45, 2.75) is 33.2 Å². The molecular formula is C24H35N5O4. The Morgan fingerprint density at radius 3 is 2.52 bits per heavy atom. The molecule has 2 aliphatic heterocycles. The lowest BCUT2D eigenvalue weighted by molar-refractivity contribution is -0.139. The number of amides is 4. The van der Waals surface area contributed by atoms with E-state index in [0.717, 1.165) is 24.1 Å². The van der Waals surface area contributed by atoms with Gasteiger partial charge in [-0.05, 0) is 32.8 Å². The van der Waals surface area contributed by atoms with Crippen LogP contribution in [0.1, 0.15) is 37.4 Å². The summed E-state index contributed by atoms with van der Waals surface area (Å²) < 4.78 is 5.41. The number of carbonyl (C=O) groups excluding carboxylic acids is 3. The highest BCUT2D eigenvalue weighted by Crippen LogP contribution is 2.31. The molecule has 1 aromatic rings. The third-order valence-corrected chi connectivity index (χ3v) is 6.06. The summed E-state index contributed by atoms with van der Waals surface area (Å²) in [5, 5.41) is 5.81. The third-order valence-electron chi connectivity index (χ3n) is 6.06. The molecule has 1 aromatic carbocycles. The number of hydrogen-bond acceptors (Lipinski definition) is 5. The second-order valence-corrected chi connectivity index (χ2v) is 8.39. The van der Waals surface area contributed by atoms with Crippen LogP contribution in [0, 0.1) is 6.92 Å². The molecule has 1 fully saturated rings. The molecule has 0 aromatic heterocycles. The molecule has 9 nitrogen and oxygen atoms in total. The van der Waals surface area contributed by atoms with Crippen molar-refractivity contribution in [2.24, 2.45) is 0 Å². The van der Waals surface area contributed by atoms with Gasteiger partial charge in [0.15, 0.2) is 0 Å². The molecule has 2 aliphatic rings. The molecule has 4 amide bonds. The van der Waals surface area contributed by atoms with Gasteiger partial charge in [-0.3, -0.25) is 9.80 Å². The smallest absolute Gasteiger partial charge is 0.338 e. The Kier molecular flexibility index (Phi) is 8.32. The number of ether oxygens (including phenoxy) is 1. The predicted octanol–water partition coefficient (Wildman–Crippen LogP) is 2.25. The van der Waals surface area contributed by atoms with E-state index in [0.29, 0.717) is 44.0 Å². The summed E-state index contributed by atoms with van der Waals surface area (Å²) in [6.07, 6.45) is 0.816. The summed E-state index contributed by atoms with van der Waals surface area (Å²) in [5.74, 6) is -0.427. The van der Waals surface area contributed by atoms with Gasteiger partial charge in [0.05, 0.1) is 18.2 Å². The molecule has 0 bridgehead atoms. The Bertz CT molecular complexity index is 899. The summed E-state index contributed by atoms with van der Waals surface area (Å²) in [6.45, 7) is 9.61. The van der Waals surface area contributed by atoms with E-state index in [2.05, 4.69) is 15.5 Å². The number of rotatable bonds is 6. The Hall–Kier alpha value is -3.07. The van der Waals surface area contributed by atoms with E-state index in [9.17, 15) is 14.4 Å². The van der Waals surface area contributed by atoms with E-state index in [-0.39, 0.29) is 18.7 Å². The fourth-order valence-corrected chi connectivity index (χ4v) is 4.21. The highest BCUT2D eigenvalue weighted by atomic mass is 16.5. The molecule has 0 spiro atoms. The Balaban J connectivity index is 1.91. The van der Waals surface area contributed by atoms with Crippen LogP contribution in [0.25, 0.3) is 0 Å². The summed E-state index contributed by atoms with van der Waals surface area (Å²) in [5.41, 5.74) is 3.02. The van der Waals surface area contributed by atoms with Crippen LogP contribution in [0.15, 0.2) is 35.5 Å². The van der Waals surface area contributed by atoms with Crippen molar-refractivity contribution in [3.8, 4) is 0 Å². The fraction of sp³-hybridized carbons (Fsp3) is 0.542. The van der Waals surface area contributed by atoms with Gasteiger partial charge in [-0.1, -0.05) is 29.8 Å². The van der Waals surface area contributed by atoms with Gasteiger partial charge in [0.2, 0.25) is 0 Å². The monoisotopic (exact) mass is 457 g/mol. The van der Waals surface area contributed by atoms with Gasteiger partial charge in [0.25, 0.3) is 0 Å². The Labute approximate surface area is 195 Å². The van der Waals surface area contributed by atoms with Gasteiger partial charge in [-0.2, -0.15) is 0 Å². The first-order chi connectivity index (χ1) is 15.8. The molecular weight excluding hydrogens is 422 g/mol. The van der Waals surface area contributed by atoms with Gasteiger partial charge in [-0.15, -0.1) is 0 Å². The highest BCUT2D eigenvalue weighted by molar-refractivity contribution is 5.95. The number of hydrogen-bond donors (Lipinski definition) is 2. The van der Waals surface area contributed by atoms with Crippen LogP contribution >= 0.6 is 0 Å². The predicted molar refractivity (Wildman–Crippen MR) is 126 cm³/mol. The zero-order valence-corrected chi connectivity index (χ0v) is 20.0. The van der Waals surface area contributed by atoms with Crippen molar-refractivity contribution in [1.29, 1.82) is 0 Å². The number of benzene rings is 1. The molecule has 1 atom stereocenters. The maximum atomic E-state index is 13.1. The molecule has 0 saturated carbocycles. The first-order valence-electron chi connectivity index (χ1n) is 11.6. The molecule has 33 heavy (non-hydrogen) atoms. The minimum Gasteiger partial charge on any atom is -0.463 e. The number of nitrogens with one attached hydrogen (secondary N) is 2. The van der Waals surface area contributed by atoms with Crippen LogP contribution in [-0.4, -0.2) is 85.7 Å². The Morgan fingerprint density at radius 2 is 1.85 bits per heavy atom. The number of nitrogens with zero attached hydrogens (tertiary/aromatic N) is 3. The lowest BCUT2D eigenvalue weighted by atomic mass is 9.93. The standard InChI is InChI=1S/C24H35N5O4/c1-5-25-23(31)29-13-7-12-28(14-15-29)16-19-20(22(30)33-6-2)21(26-24(32)27(19)4)18-10-8-17(3)9-11-18/h8-11,21H,5-7,12-16H2,1-4H3,(H,25,31)(H,26,32). The summed E-state index contributed by atoms with van der Waals surface area (Å²) in [4.78, 5) is 43.7. The highest BCUT2D eigenvalue weighted by Gasteiger charge is 2.37. The van der Waals surface area contributed by atoms with Crippen LogP contribution < -0.4 is 10.6 Å². The van der Waals surface area contributed by atoms with Crippen molar-refractivity contribution >= 4 is 18.0 Å². The zero-order chi connectivity index (χ0) is 24.0. The SMILES string of the molecule is CCNC(=O)N1CCCN(CC2=C(C(=O)OCC)C(c3ccc(C)cc3)NC(=O)N2C)CC1. The lowest BCUT2D eigenvalue weighted by Gasteiger charge is -2.36. The maximum absolute atomic E-state index is 13.1. The zero-order valence-electron chi connectivity index (χ0n) is 20.0. The third kappa shape index (κ3) is 5.84. The van der Waals surface area contributed by atoms with Gasteiger partial charge in [0, 0.05) is 52.0 Å². The quantitative estimate of drug-likeness (QED) is 0.639. The van der Waals surface area contributed by atoms with Gasteiger partial charge >= 0.3 is 18.0 Å². The molecule has 3 rings (SSSR count). The number of urea groups is 2. The Morgan fingerprint density at radius 1 is 1.12 bits per heavy atom. The lowest BCUT2D eigenvalue weighted by Crippen LogP contribution is -2.49. The van der Waals surface area contributed by atoms with Crippen molar-refractivity contribution < 1.29 is 19.1 Å². The molecule has 0 radical (unpaired) electrons. The largest absolute Gasteiger partial charge is 0.463 e. The van der Waals surface area contributed by atoms with Gasteiger partial charge in [0.1, 0.15) is 0 Å². The fourth-order valence-electron chi connectivity index (χ4n) is 4.21. The van der Waals surface area contributed by atoms with Crippen LogP contribution in [0.4, 0.5) is 9.59 Å². The van der Waals surface area contributed by atoms with E-state index in [1.54, 1.807) is 14.0 Å². The van der Waals surface area contributed by atoms with Gasteiger partial charge < -0.3 is 20.3 Å². The molecule has 0 aliphatic carbocycles. The van der Waals surface area contributed by atoms with Crippen LogP contribution in [-0.2, 0) is 9.53 Å². The molecule has 1 unspecified atom stereocenters. The molecule has 180 valence electrons. The van der Waals surface area contributed by atoms with Crippen LogP contribution in [0.2, 0.25) is 0 Å². The molecule has 9 heteroatoms. The minimum atomic E-state index is -0.581. The van der Waals surface area contributed by atoms with E-state index in [1.165, 1.54) is 4.90 Å². The van der Waals surface area contributed by atoms with Crippen molar-refractivity contribution in [3.63, 3.8) is 0 Å². The summed E-state index contributed by atoms with van der Waals surface area (Å²) in [6, 6.07) is 6.89. The maximum Gasteiger partial charge on any atom is 0.338 e. The second-order valence-electron chi connectivity index (χ2n) is 8.39.